The average molecular weight is 334 g/mol. The van der Waals surface area contributed by atoms with E-state index < -0.39 is 0 Å². The highest BCUT2D eigenvalue weighted by atomic mass is 16.5. The first-order valence-electron chi connectivity index (χ1n) is 8.74. The summed E-state index contributed by atoms with van der Waals surface area (Å²) in [4.78, 5) is 21.2. The van der Waals surface area contributed by atoms with Gasteiger partial charge in [-0.1, -0.05) is 0 Å². The third-order valence-electron chi connectivity index (χ3n) is 4.40. The van der Waals surface area contributed by atoms with Gasteiger partial charge in [-0.15, -0.1) is 0 Å². The van der Waals surface area contributed by atoms with E-state index in [0.29, 0.717) is 26.2 Å². The summed E-state index contributed by atoms with van der Waals surface area (Å²) in [5.41, 5.74) is 0. The van der Waals surface area contributed by atoms with E-state index in [1.165, 1.54) is 0 Å². The first-order valence-corrected chi connectivity index (χ1v) is 8.74. The molecule has 24 heavy (non-hydrogen) atoms. The first-order chi connectivity index (χ1) is 11.8. The molecule has 0 bridgehead atoms. The molecule has 2 aliphatic heterocycles. The van der Waals surface area contributed by atoms with E-state index in [4.69, 9.17) is 9.15 Å². The van der Waals surface area contributed by atoms with Crippen LogP contribution in [0.5, 0.6) is 0 Å². The van der Waals surface area contributed by atoms with Crippen LogP contribution in [0.25, 0.3) is 0 Å². The minimum absolute atomic E-state index is 0.143. The zero-order valence-electron chi connectivity index (χ0n) is 14.2. The number of ether oxygens (including phenoxy) is 1. The van der Waals surface area contributed by atoms with Crippen molar-refractivity contribution in [3.8, 4) is 0 Å². The fourth-order valence-electron chi connectivity index (χ4n) is 3.10. The number of carbonyl (C=O) groups excluding carboxylic acids is 1. The lowest BCUT2D eigenvalue weighted by Gasteiger charge is -2.37. The van der Waals surface area contributed by atoms with Crippen LogP contribution >= 0.6 is 0 Å². The Bertz CT molecular complexity index is 544. The molecule has 1 atom stereocenters. The van der Waals surface area contributed by atoms with Crippen molar-refractivity contribution in [3.05, 3.63) is 24.2 Å². The van der Waals surface area contributed by atoms with Gasteiger partial charge in [-0.25, -0.2) is 4.99 Å². The van der Waals surface area contributed by atoms with Crippen molar-refractivity contribution in [2.24, 2.45) is 4.99 Å². The van der Waals surface area contributed by atoms with E-state index in [1.54, 1.807) is 6.26 Å². The van der Waals surface area contributed by atoms with Gasteiger partial charge in [-0.3, -0.25) is 4.79 Å². The summed E-state index contributed by atoms with van der Waals surface area (Å²) in [7, 11) is 0. The number of carbonyl (C=O) groups is 1. The van der Waals surface area contributed by atoms with Gasteiger partial charge in [0.15, 0.2) is 5.96 Å². The summed E-state index contributed by atoms with van der Waals surface area (Å²) < 4.78 is 10.8. The van der Waals surface area contributed by atoms with Crippen molar-refractivity contribution in [3.63, 3.8) is 0 Å². The van der Waals surface area contributed by atoms with Gasteiger partial charge in [0.05, 0.1) is 6.26 Å². The SMILES string of the molecule is CCNC(=NCc1ccco1)N1CCN(C(=O)C2CCCO2)CC1. The van der Waals surface area contributed by atoms with Crippen LogP contribution in [0.3, 0.4) is 0 Å². The number of nitrogens with one attached hydrogen (secondary N) is 1. The molecule has 1 aromatic rings. The molecular formula is C17H26N4O3. The van der Waals surface area contributed by atoms with Crippen LogP contribution in [-0.2, 0) is 16.1 Å². The van der Waals surface area contributed by atoms with E-state index in [1.807, 2.05) is 17.0 Å². The zero-order valence-corrected chi connectivity index (χ0v) is 14.2. The van der Waals surface area contributed by atoms with Gasteiger partial charge in [0.25, 0.3) is 5.91 Å². The average Bonchev–Trinajstić information content (AvgIpc) is 3.31. The predicted molar refractivity (Wildman–Crippen MR) is 90.7 cm³/mol. The number of nitrogens with zero attached hydrogens (tertiary/aromatic N) is 3. The van der Waals surface area contributed by atoms with E-state index in [9.17, 15) is 4.79 Å². The maximum atomic E-state index is 12.4. The van der Waals surface area contributed by atoms with Crippen LogP contribution in [0.4, 0.5) is 0 Å². The van der Waals surface area contributed by atoms with Gasteiger partial charge < -0.3 is 24.3 Å². The van der Waals surface area contributed by atoms with Gasteiger partial charge in [0.2, 0.25) is 0 Å². The molecule has 2 aliphatic rings. The van der Waals surface area contributed by atoms with E-state index >= 15 is 0 Å². The van der Waals surface area contributed by atoms with Crippen LogP contribution in [-0.4, -0.2) is 67.1 Å². The van der Waals surface area contributed by atoms with Crippen LogP contribution in [0.1, 0.15) is 25.5 Å². The first kappa shape index (κ1) is 16.8. The number of hydrogen-bond acceptors (Lipinski definition) is 4. The van der Waals surface area contributed by atoms with Crippen molar-refractivity contribution >= 4 is 11.9 Å². The molecule has 1 aromatic heterocycles. The molecule has 7 nitrogen and oxygen atoms in total. The Labute approximate surface area is 142 Å². The van der Waals surface area contributed by atoms with E-state index in [2.05, 4.69) is 22.1 Å². The summed E-state index contributed by atoms with van der Waals surface area (Å²) in [6.07, 6.45) is 3.28. The monoisotopic (exact) mass is 334 g/mol. The van der Waals surface area contributed by atoms with Crippen molar-refractivity contribution in [2.45, 2.75) is 32.4 Å². The molecule has 3 heterocycles. The van der Waals surface area contributed by atoms with Gasteiger partial charge in [0, 0.05) is 39.3 Å². The van der Waals surface area contributed by atoms with Crippen molar-refractivity contribution in [1.29, 1.82) is 0 Å². The molecule has 0 spiro atoms. The van der Waals surface area contributed by atoms with Crippen molar-refractivity contribution in [2.75, 3.05) is 39.3 Å². The summed E-state index contributed by atoms with van der Waals surface area (Å²) in [5.74, 6) is 1.86. The van der Waals surface area contributed by atoms with Crippen LogP contribution < -0.4 is 5.32 Å². The van der Waals surface area contributed by atoms with Crippen LogP contribution in [0.2, 0.25) is 0 Å². The van der Waals surface area contributed by atoms with Crippen molar-refractivity contribution < 1.29 is 13.9 Å². The van der Waals surface area contributed by atoms with Crippen LogP contribution in [0, 0.1) is 0 Å². The van der Waals surface area contributed by atoms with Gasteiger partial charge in [-0.05, 0) is 31.9 Å². The number of furan rings is 1. The second-order valence-electron chi connectivity index (χ2n) is 6.06. The molecular weight excluding hydrogens is 308 g/mol. The Morgan fingerprint density at radius 2 is 2.12 bits per heavy atom. The smallest absolute Gasteiger partial charge is 0.251 e. The van der Waals surface area contributed by atoms with E-state index in [0.717, 1.165) is 44.2 Å². The number of amides is 1. The van der Waals surface area contributed by atoms with Crippen molar-refractivity contribution in [1.82, 2.24) is 15.1 Å². The highest BCUT2D eigenvalue weighted by Gasteiger charge is 2.30. The lowest BCUT2D eigenvalue weighted by Crippen LogP contribution is -2.55. The Morgan fingerprint density at radius 1 is 1.33 bits per heavy atom. The Hall–Kier alpha value is -2.02. The van der Waals surface area contributed by atoms with Gasteiger partial charge in [0.1, 0.15) is 18.4 Å². The molecule has 2 saturated heterocycles. The molecule has 0 saturated carbocycles. The second-order valence-corrected chi connectivity index (χ2v) is 6.06. The maximum Gasteiger partial charge on any atom is 0.251 e. The highest BCUT2D eigenvalue weighted by Crippen LogP contribution is 2.16. The maximum absolute atomic E-state index is 12.4. The number of piperazine rings is 1. The zero-order chi connectivity index (χ0) is 16.8. The number of rotatable bonds is 4. The molecule has 0 aliphatic carbocycles. The molecule has 0 aromatic carbocycles. The molecule has 1 unspecified atom stereocenters. The molecule has 1 amide bonds. The summed E-state index contributed by atoms with van der Waals surface area (Å²) in [5, 5.41) is 3.32. The topological polar surface area (TPSA) is 70.3 Å². The molecule has 0 radical (unpaired) electrons. The Balaban J connectivity index is 1.54. The highest BCUT2D eigenvalue weighted by molar-refractivity contribution is 5.82. The molecule has 1 N–H and O–H groups in total. The normalized spacial score (nSPS) is 22.0. The number of aliphatic imine (C=N–C) groups is 1. The number of guanidine groups is 1. The second kappa shape index (κ2) is 8.19. The van der Waals surface area contributed by atoms with E-state index in [-0.39, 0.29) is 12.0 Å². The molecule has 7 heteroatoms. The Morgan fingerprint density at radius 3 is 2.75 bits per heavy atom. The lowest BCUT2D eigenvalue weighted by molar-refractivity contribution is -0.142. The Kier molecular flexibility index (Phi) is 5.74. The minimum Gasteiger partial charge on any atom is -0.467 e. The summed E-state index contributed by atoms with van der Waals surface area (Å²) in [6, 6.07) is 3.79. The van der Waals surface area contributed by atoms with Crippen LogP contribution in [0.15, 0.2) is 27.8 Å². The third-order valence-corrected chi connectivity index (χ3v) is 4.40. The number of hydrogen-bond donors (Lipinski definition) is 1. The van der Waals surface area contributed by atoms with Gasteiger partial charge in [-0.2, -0.15) is 0 Å². The quantitative estimate of drug-likeness (QED) is 0.659. The fraction of sp³-hybridized carbons (Fsp3) is 0.647. The standard InChI is InChI=1S/C17H26N4O3/c1-2-18-17(19-13-14-5-3-11-23-14)21-9-7-20(8-10-21)16(22)15-6-4-12-24-15/h3,5,11,15H,2,4,6-10,12-13H2,1H3,(H,18,19). The molecule has 3 rings (SSSR count). The largest absolute Gasteiger partial charge is 0.467 e. The predicted octanol–water partition coefficient (Wildman–Crippen LogP) is 1.07. The van der Waals surface area contributed by atoms with Gasteiger partial charge >= 0.3 is 0 Å². The lowest BCUT2D eigenvalue weighted by atomic mass is 10.2. The summed E-state index contributed by atoms with van der Waals surface area (Å²) >= 11 is 0. The third kappa shape index (κ3) is 4.08. The fourth-order valence-corrected chi connectivity index (χ4v) is 3.10. The molecule has 2 fully saturated rings. The summed E-state index contributed by atoms with van der Waals surface area (Å²) in [6.45, 7) is 7.08. The molecule has 132 valence electrons. The minimum atomic E-state index is -0.225.